The molecule has 7 nitrogen and oxygen atoms in total. The van der Waals surface area contributed by atoms with Crippen LogP contribution in [0.2, 0.25) is 0 Å². The van der Waals surface area contributed by atoms with Crippen LogP contribution in [0.15, 0.2) is 59.3 Å². The third-order valence-electron chi connectivity index (χ3n) is 5.93. The maximum atomic E-state index is 12.9. The summed E-state index contributed by atoms with van der Waals surface area (Å²) >= 11 is 0. The van der Waals surface area contributed by atoms with Gasteiger partial charge >= 0.3 is 0 Å². The van der Waals surface area contributed by atoms with E-state index < -0.39 is 0 Å². The van der Waals surface area contributed by atoms with E-state index in [0.29, 0.717) is 25.3 Å². The maximum Gasteiger partial charge on any atom is 0.225 e. The first-order valence-corrected chi connectivity index (χ1v) is 11.1. The van der Waals surface area contributed by atoms with Gasteiger partial charge in [-0.1, -0.05) is 24.3 Å². The molecule has 2 aromatic carbocycles. The van der Waals surface area contributed by atoms with E-state index in [0.717, 1.165) is 53.0 Å². The summed E-state index contributed by atoms with van der Waals surface area (Å²) in [6, 6.07) is 15.7. The van der Waals surface area contributed by atoms with Crippen LogP contribution in [0.1, 0.15) is 25.3 Å². The number of aromatic nitrogens is 2. The summed E-state index contributed by atoms with van der Waals surface area (Å²) in [6.45, 7) is 4.55. The van der Waals surface area contributed by atoms with Gasteiger partial charge in [0.2, 0.25) is 5.91 Å². The average molecular weight is 431 g/mol. The molecule has 32 heavy (non-hydrogen) atoms. The van der Waals surface area contributed by atoms with Crippen LogP contribution in [0.25, 0.3) is 22.1 Å². The van der Waals surface area contributed by atoms with Crippen LogP contribution in [-0.2, 0) is 11.3 Å². The molecule has 1 amide bonds. The van der Waals surface area contributed by atoms with Crippen molar-refractivity contribution in [1.29, 1.82) is 0 Å². The molecule has 0 radical (unpaired) electrons. The summed E-state index contributed by atoms with van der Waals surface area (Å²) in [5.41, 5.74) is 3.34. The first-order valence-electron chi connectivity index (χ1n) is 11.1. The van der Waals surface area contributed by atoms with Gasteiger partial charge in [-0.25, -0.2) is 9.97 Å². The Hall–Kier alpha value is -3.61. The number of furan rings is 1. The van der Waals surface area contributed by atoms with Crippen molar-refractivity contribution < 1.29 is 13.9 Å². The number of rotatable bonds is 6. The first kappa shape index (κ1) is 20.3. The van der Waals surface area contributed by atoms with E-state index in [-0.39, 0.29) is 11.8 Å². The Morgan fingerprint density at radius 1 is 1.19 bits per heavy atom. The topological polar surface area (TPSA) is 80.5 Å². The number of ether oxygens (including phenoxy) is 1. The van der Waals surface area contributed by atoms with E-state index in [4.69, 9.17) is 9.15 Å². The van der Waals surface area contributed by atoms with E-state index in [1.54, 1.807) is 6.33 Å². The van der Waals surface area contributed by atoms with Crippen LogP contribution >= 0.6 is 0 Å². The Morgan fingerprint density at radius 2 is 2.03 bits per heavy atom. The summed E-state index contributed by atoms with van der Waals surface area (Å²) in [6.07, 6.45) is 3.36. The summed E-state index contributed by atoms with van der Waals surface area (Å²) in [5.74, 6) is 1.57. The highest BCUT2D eigenvalue weighted by atomic mass is 16.5. The zero-order chi connectivity index (χ0) is 21.9. The second kappa shape index (κ2) is 8.86. The van der Waals surface area contributed by atoms with Crippen molar-refractivity contribution in [2.24, 2.45) is 5.92 Å². The van der Waals surface area contributed by atoms with Crippen molar-refractivity contribution in [3.05, 3.63) is 60.4 Å². The maximum absolute atomic E-state index is 12.9. The lowest BCUT2D eigenvalue weighted by Crippen LogP contribution is -2.43. The van der Waals surface area contributed by atoms with Crippen molar-refractivity contribution in [3.63, 3.8) is 0 Å². The highest BCUT2D eigenvalue weighted by Crippen LogP contribution is 2.33. The van der Waals surface area contributed by atoms with Gasteiger partial charge in [-0.05, 0) is 49.6 Å². The fourth-order valence-corrected chi connectivity index (χ4v) is 4.32. The number of amides is 1. The van der Waals surface area contributed by atoms with Gasteiger partial charge in [-0.3, -0.25) is 4.79 Å². The van der Waals surface area contributed by atoms with Crippen LogP contribution in [0.3, 0.4) is 0 Å². The summed E-state index contributed by atoms with van der Waals surface area (Å²) in [4.78, 5) is 24.0. The fourth-order valence-electron chi connectivity index (χ4n) is 4.32. The van der Waals surface area contributed by atoms with E-state index in [1.165, 1.54) is 0 Å². The first-order chi connectivity index (χ1) is 15.7. The van der Waals surface area contributed by atoms with Gasteiger partial charge in [0, 0.05) is 25.0 Å². The molecular formula is C25H26N4O3. The van der Waals surface area contributed by atoms with Crippen LogP contribution in [0.4, 0.5) is 5.82 Å². The van der Waals surface area contributed by atoms with E-state index in [1.807, 2.05) is 55.5 Å². The molecule has 4 aromatic rings. The standard InChI is InChI=1S/C25H26N4O3/c1-2-31-19-11-9-17(10-12-19)14-26-25(30)18-6-5-13-29(15-18)24-23-22(27-16-28-24)20-7-3-4-8-21(20)32-23/h3-4,7-12,16,18H,2,5-6,13-15H2,1H3,(H,26,30)/t18-/m1/s1. The molecule has 5 rings (SSSR count). The molecule has 1 aliphatic rings. The molecule has 2 aromatic heterocycles. The number of hydrogen-bond donors (Lipinski definition) is 1. The van der Waals surface area contributed by atoms with Gasteiger partial charge in [-0.15, -0.1) is 0 Å². The van der Waals surface area contributed by atoms with Gasteiger partial charge in [0.25, 0.3) is 0 Å². The van der Waals surface area contributed by atoms with Crippen LogP contribution in [-0.4, -0.2) is 35.6 Å². The number of fused-ring (bicyclic) bond motifs is 3. The third-order valence-corrected chi connectivity index (χ3v) is 5.93. The minimum absolute atomic E-state index is 0.0680. The van der Waals surface area contributed by atoms with Crippen LogP contribution < -0.4 is 15.0 Å². The Morgan fingerprint density at radius 3 is 2.88 bits per heavy atom. The van der Waals surface area contributed by atoms with E-state index >= 15 is 0 Å². The molecule has 1 saturated heterocycles. The monoisotopic (exact) mass is 430 g/mol. The highest BCUT2D eigenvalue weighted by Gasteiger charge is 2.28. The minimum Gasteiger partial charge on any atom is -0.494 e. The molecule has 1 aliphatic heterocycles. The molecule has 1 fully saturated rings. The summed E-state index contributed by atoms with van der Waals surface area (Å²) < 4.78 is 11.6. The Bertz CT molecular complexity index is 1240. The molecule has 7 heteroatoms. The normalized spacial score (nSPS) is 16.4. The quantitative estimate of drug-likeness (QED) is 0.491. The number of anilines is 1. The lowest BCUT2D eigenvalue weighted by atomic mass is 9.97. The predicted octanol–water partition coefficient (Wildman–Crippen LogP) is 4.31. The zero-order valence-corrected chi connectivity index (χ0v) is 18.1. The van der Waals surface area contributed by atoms with Gasteiger partial charge in [0.15, 0.2) is 11.4 Å². The molecule has 1 atom stereocenters. The largest absolute Gasteiger partial charge is 0.494 e. The lowest BCUT2D eigenvalue weighted by molar-refractivity contribution is -0.125. The third kappa shape index (κ3) is 3.98. The second-order valence-electron chi connectivity index (χ2n) is 8.05. The number of nitrogens with zero attached hydrogens (tertiary/aromatic N) is 3. The number of benzene rings is 2. The molecule has 3 heterocycles. The minimum atomic E-state index is -0.0964. The Kier molecular flexibility index (Phi) is 5.62. The molecule has 0 saturated carbocycles. The summed E-state index contributed by atoms with van der Waals surface area (Å²) in [5, 5.41) is 4.07. The van der Waals surface area contributed by atoms with E-state index in [9.17, 15) is 4.79 Å². The number of nitrogens with one attached hydrogen (secondary N) is 1. The number of carbonyl (C=O) groups is 1. The number of piperidine rings is 1. The van der Waals surface area contributed by atoms with Gasteiger partial charge in [0.05, 0.1) is 12.5 Å². The molecule has 0 unspecified atom stereocenters. The Labute approximate surface area is 186 Å². The van der Waals surface area contributed by atoms with Crippen molar-refractivity contribution in [1.82, 2.24) is 15.3 Å². The zero-order valence-electron chi connectivity index (χ0n) is 18.1. The predicted molar refractivity (Wildman–Crippen MR) is 124 cm³/mol. The van der Waals surface area contributed by atoms with E-state index in [2.05, 4.69) is 20.2 Å². The second-order valence-corrected chi connectivity index (χ2v) is 8.05. The van der Waals surface area contributed by atoms with Crippen molar-refractivity contribution in [2.45, 2.75) is 26.3 Å². The van der Waals surface area contributed by atoms with Gasteiger partial charge in [-0.2, -0.15) is 0 Å². The van der Waals surface area contributed by atoms with Crippen molar-refractivity contribution in [3.8, 4) is 5.75 Å². The number of para-hydroxylation sites is 1. The fraction of sp³-hybridized carbons (Fsp3) is 0.320. The lowest BCUT2D eigenvalue weighted by Gasteiger charge is -2.32. The summed E-state index contributed by atoms with van der Waals surface area (Å²) in [7, 11) is 0. The van der Waals surface area contributed by atoms with Gasteiger partial charge < -0.3 is 19.4 Å². The molecule has 0 spiro atoms. The molecular weight excluding hydrogens is 404 g/mol. The molecule has 164 valence electrons. The van der Waals surface area contributed by atoms with Crippen LogP contribution in [0.5, 0.6) is 5.75 Å². The smallest absolute Gasteiger partial charge is 0.225 e. The molecule has 0 bridgehead atoms. The molecule has 0 aliphatic carbocycles. The number of carbonyl (C=O) groups excluding carboxylic acids is 1. The van der Waals surface area contributed by atoms with Gasteiger partial charge in [0.1, 0.15) is 23.2 Å². The highest BCUT2D eigenvalue weighted by molar-refractivity contribution is 6.05. The number of hydrogen-bond acceptors (Lipinski definition) is 6. The van der Waals surface area contributed by atoms with Crippen molar-refractivity contribution in [2.75, 3.05) is 24.6 Å². The Balaban J connectivity index is 1.28. The van der Waals surface area contributed by atoms with Crippen molar-refractivity contribution >= 4 is 33.8 Å². The SMILES string of the molecule is CCOc1ccc(CNC(=O)[C@@H]2CCCN(c3ncnc4c3oc3ccccc34)C2)cc1. The van der Waals surface area contributed by atoms with Crippen LogP contribution in [0, 0.1) is 5.92 Å². The average Bonchev–Trinajstić information content (AvgIpc) is 3.22. The molecule has 1 N–H and O–H groups in total.